The van der Waals surface area contributed by atoms with Crippen LogP contribution in [-0.4, -0.2) is 60.5 Å². The van der Waals surface area contributed by atoms with E-state index in [0.29, 0.717) is 18.5 Å². The van der Waals surface area contributed by atoms with Crippen molar-refractivity contribution in [1.82, 2.24) is 4.90 Å². The Morgan fingerprint density at radius 1 is 1.05 bits per heavy atom. The molecule has 40 heavy (non-hydrogen) atoms. The van der Waals surface area contributed by atoms with Gasteiger partial charge in [-0.2, -0.15) is 13.2 Å². The van der Waals surface area contributed by atoms with Gasteiger partial charge in [0.25, 0.3) is 5.91 Å². The highest BCUT2D eigenvalue weighted by atomic mass is 19.4. The predicted molar refractivity (Wildman–Crippen MR) is 140 cm³/mol. The molecule has 1 N–H and O–H groups in total. The second-order valence-corrected chi connectivity index (χ2v) is 10.7. The zero-order valence-electron chi connectivity index (χ0n) is 22.5. The maximum absolute atomic E-state index is 13.4. The molecule has 1 saturated heterocycles. The maximum Gasteiger partial charge on any atom is 0.414 e. The number of hydrogen-bond acceptors (Lipinski definition) is 6. The molecule has 1 atom stereocenters. The van der Waals surface area contributed by atoms with E-state index < -0.39 is 42.6 Å². The maximum atomic E-state index is 13.4. The van der Waals surface area contributed by atoms with E-state index in [1.165, 1.54) is 29.2 Å². The van der Waals surface area contributed by atoms with Crippen LogP contribution in [0.4, 0.5) is 34.1 Å². The average molecular weight is 564 g/mol. The summed E-state index contributed by atoms with van der Waals surface area (Å²) >= 11 is 0. The van der Waals surface area contributed by atoms with E-state index in [4.69, 9.17) is 14.2 Å². The molecule has 2 aromatic rings. The van der Waals surface area contributed by atoms with Gasteiger partial charge in [0.15, 0.2) is 6.10 Å². The summed E-state index contributed by atoms with van der Waals surface area (Å²) in [5.41, 5.74) is 1.48. The van der Waals surface area contributed by atoms with E-state index >= 15 is 0 Å². The number of rotatable bonds is 6. The number of likely N-dealkylation sites (tertiary alicyclic amines) is 1. The van der Waals surface area contributed by atoms with E-state index in [1.807, 2.05) is 24.3 Å². The predicted octanol–water partition coefficient (Wildman–Crippen LogP) is 5.80. The second kappa shape index (κ2) is 11.7. The first-order valence-corrected chi connectivity index (χ1v) is 12.9. The molecule has 3 amide bonds. The monoisotopic (exact) mass is 563 g/mol. The summed E-state index contributed by atoms with van der Waals surface area (Å²) < 4.78 is 54.7. The van der Waals surface area contributed by atoms with Crippen LogP contribution < -0.4 is 10.2 Å². The quantitative estimate of drug-likeness (QED) is 0.477. The standard InChI is InChI=1S/C28H32F3N3O6/c1-27(2,3)40-25(36)32-20-10-8-18(9-11-20)23(39-17-28(29,30)31)24(35)33-14-12-21(13-15-33)34-22-7-5-4-6-19(22)16-38-26(34)37/h4-11,21,23H,12-17H2,1-3H3,(H,32,36). The lowest BCUT2D eigenvalue weighted by atomic mass is 9.99. The van der Waals surface area contributed by atoms with E-state index in [9.17, 15) is 27.6 Å². The van der Waals surface area contributed by atoms with Crippen molar-refractivity contribution < 1.29 is 41.8 Å². The van der Waals surface area contributed by atoms with Crippen LogP contribution in [0, 0.1) is 0 Å². The summed E-state index contributed by atoms with van der Waals surface area (Å²) in [5.74, 6) is -0.614. The lowest BCUT2D eigenvalue weighted by molar-refractivity contribution is -0.191. The Labute approximate surface area is 230 Å². The fourth-order valence-electron chi connectivity index (χ4n) is 4.68. The van der Waals surface area contributed by atoms with Crippen LogP contribution in [0.15, 0.2) is 48.5 Å². The number of carbonyl (C=O) groups excluding carboxylic acids is 3. The summed E-state index contributed by atoms with van der Waals surface area (Å²) in [7, 11) is 0. The third-order valence-corrected chi connectivity index (χ3v) is 6.44. The molecule has 1 unspecified atom stereocenters. The van der Waals surface area contributed by atoms with Crippen molar-refractivity contribution in [3.8, 4) is 0 Å². The van der Waals surface area contributed by atoms with Crippen molar-refractivity contribution in [2.45, 2.75) is 64.1 Å². The average Bonchev–Trinajstić information content (AvgIpc) is 2.88. The Morgan fingerprint density at radius 2 is 1.70 bits per heavy atom. The number of ether oxygens (including phenoxy) is 3. The van der Waals surface area contributed by atoms with E-state index in [2.05, 4.69) is 5.32 Å². The lowest BCUT2D eigenvalue weighted by Gasteiger charge is -2.40. The Hall–Kier alpha value is -3.80. The second-order valence-electron chi connectivity index (χ2n) is 10.7. The molecule has 2 aromatic carbocycles. The van der Waals surface area contributed by atoms with Crippen LogP contribution in [0.1, 0.15) is 50.8 Å². The number of nitrogens with one attached hydrogen (secondary N) is 1. The number of alkyl halides is 3. The number of anilines is 2. The van der Waals surface area contributed by atoms with Crippen molar-refractivity contribution in [2.75, 3.05) is 29.9 Å². The fourth-order valence-corrected chi connectivity index (χ4v) is 4.68. The number of nitrogens with zero attached hydrogens (tertiary/aromatic N) is 2. The van der Waals surface area contributed by atoms with Crippen LogP contribution in [0.3, 0.4) is 0 Å². The van der Waals surface area contributed by atoms with E-state index in [1.54, 1.807) is 25.7 Å². The van der Waals surface area contributed by atoms with Crippen LogP contribution in [0.2, 0.25) is 0 Å². The van der Waals surface area contributed by atoms with Crippen molar-refractivity contribution in [3.05, 3.63) is 59.7 Å². The lowest BCUT2D eigenvalue weighted by Crippen LogP contribution is -2.51. The van der Waals surface area contributed by atoms with Gasteiger partial charge in [-0.15, -0.1) is 0 Å². The van der Waals surface area contributed by atoms with Crippen molar-refractivity contribution >= 4 is 29.5 Å². The minimum absolute atomic E-state index is 0.188. The van der Waals surface area contributed by atoms with Crippen LogP contribution >= 0.6 is 0 Å². The molecule has 0 saturated carbocycles. The first-order valence-electron chi connectivity index (χ1n) is 12.9. The molecule has 9 nitrogen and oxygen atoms in total. The zero-order valence-corrected chi connectivity index (χ0v) is 22.5. The van der Waals surface area contributed by atoms with Gasteiger partial charge in [-0.25, -0.2) is 9.59 Å². The van der Waals surface area contributed by atoms with Gasteiger partial charge >= 0.3 is 18.4 Å². The summed E-state index contributed by atoms with van der Waals surface area (Å²) in [4.78, 5) is 41.1. The van der Waals surface area contributed by atoms with Gasteiger partial charge in [-0.1, -0.05) is 30.3 Å². The highest BCUT2D eigenvalue weighted by molar-refractivity contribution is 5.91. The molecule has 216 valence electrons. The van der Waals surface area contributed by atoms with Crippen molar-refractivity contribution in [2.24, 2.45) is 0 Å². The number of benzene rings is 2. The minimum Gasteiger partial charge on any atom is -0.444 e. The Morgan fingerprint density at radius 3 is 2.33 bits per heavy atom. The minimum atomic E-state index is -4.63. The Kier molecular flexibility index (Phi) is 8.57. The highest BCUT2D eigenvalue weighted by Crippen LogP contribution is 2.33. The van der Waals surface area contributed by atoms with Gasteiger partial charge in [-0.3, -0.25) is 15.0 Å². The normalized spacial score (nSPS) is 17.1. The summed E-state index contributed by atoms with van der Waals surface area (Å²) in [5, 5.41) is 2.54. The summed E-state index contributed by atoms with van der Waals surface area (Å²) in [6.45, 7) is 4.16. The molecular formula is C28H32F3N3O6. The smallest absolute Gasteiger partial charge is 0.414 e. The Balaban J connectivity index is 1.45. The first-order chi connectivity index (χ1) is 18.8. The molecular weight excluding hydrogens is 531 g/mol. The highest BCUT2D eigenvalue weighted by Gasteiger charge is 2.38. The first kappa shape index (κ1) is 29.2. The molecule has 12 heteroatoms. The molecule has 1 fully saturated rings. The van der Waals surface area contributed by atoms with Gasteiger partial charge in [0.05, 0.1) is 5.69 Å². The third-order valence-electron chi connectivity index (χ3n) is 6.44. The van der Waals surface area contributed by atoms with Crippen LogP contribution in [-0.2, 0) is 25.6 Å². The molecule has 2 aliphatic heterocycles. The largest absolute Gasteiger partial charge is 0.444 e. The number of carbonyl (C=O) groups is 3. The summed E-state index contributed by atoms with van der Waals surface area (Å²) in [6.07, 6.45) is -6.46. The molecule has 0 aromatic heterocycles. The molecule has 0 spiro atoms. The number of amides is 3. The molecule has 2 aliphatic rings. The SMILES string of the molecule is CC(C)(C)OC(=O)Nc1ccc(C(OCC(F)(F)F)C(=O)N2CCC(N3C(=O)OCc4ccccc43)CC2)cc1. The molecule has 0 aliphatic carbocycles. The zero-order chi connectivity index (χ0) is 29.1. The van der Waals surface area contributed by atoms with Gasteiger partial charge < -0.3 is 19.1 Å². The molecule has 0 radical (unpaired) electrons. The number of para-hydroxylation sites is 1. The topological polar surface area (TPSA) is 97.4 Å². The number of halogens is 3. The number of piperidine rings is 1. The van der Waals surface area contributed by atoms with Crippen molar-refractivity contribution in [3.63, 3.8) is 0 Å². The fraction of sp³-hybridized carbons (Fsp3) is 0.464. The van der Waals surface area contributed by atoms with Crippen molar-refractivity contribution in [1.29, 1.82) is 0 Å². The molecule has 0 bridgehead atoms. The molecule has 2 heterocycles. The van der Waals surface area contributed by atoms with Gasteiger partial charge in [0.1, 0.15) is 18.8 Å². The van der Waals surface area contributed by atoms with E-state index in [0.717, 1.165) is 11.3 Å². The van der Waals surface area contributed by atoms with Crippen LogP contribution in [0.25, 0.3) is 0 Å². The van der Waals surface area contributed by atoms with Gasteiger partial charge in [0.2, 0.25) is 0 Å². The number of fused-ring (bicyclic) bond motifs is 1. The Bertz CT molecular complexity index is 1220. The number of hydrogen-bond donors (Lipinski definition) is 1. The van der Waals surface area contributed by atoms with Gasteiger partial charge in [-0.05, 0) is 57.4 Å². The van der Waals surface area contributed by atoms with Crippen LogP contribution in [0.5, 0.6) is 0 Å². The molecule has 4 rings (SSSR count). The van der Waals surface area contributed by atoms with E-state index in [-0.39, 0.29) is 31.3 Å². The summed E-state index contributed by atoms with van der Waals surface area (Å²) in [6, 6.07) is 13.0. The third kappa shape index (κ3) is 7.44. The number of cyclic esters (lactones) is 1. The van der Waals surface area contributed by atoms with Gasteiger partial charge in [0, 0.05) is 30.4 Å².